The van der Waals surface area contributed by atoms with Crippen molar-refractivity contribution in [1.29, 1.82) is 0 Å². The van der Waals surface area contributed by atoms with Crippen LogP contribution in [0.15, 0.2) is 16.8 Å². The van der Waals surface area contributed by atoms with E-state index in [1.165, 1.54) is 7.11 Å². The summed E-state index contributed by atoms with van der Waals surface area (Å²) in [5.41, 5.74) is 0.957. The Morgan fingerprint density at radius 3 is 2.78 bits per heavy atom. The van der Waals surface area contributed by atoms with Gasteiger partial charge in [-0.3, -0.25) is 0 Å². The largest absolute Gasteiger partial charge is 0.399 e. The highest BCUT2D eigenvalue weighted by atomic mass is 35.5. The van der Waals surface area contributed by atoms with Crippen LogP contribution in [0, 0.1) is 0 Å². The molecule has 0 spiro atoms. The Balaban J connectivity index is 3.70. The SMILES string of the molecule is C/C=C(\C=N/OC)CCl. The Hall–Kier alpha value is -0.500. The van der Waals surface area contributed by atoms with E-state index in [9.17, 15) is 0 Å². The van der Waals surface area contributed by atoms with Crippen LogP contribution < -0.4 is 0 Å². The minimum absolute atomic E-state index is 0.476. The monoisotopic (exact) mass is 147 g/mol. The van der Waals surface area contributed by atoms with Gasteiger partial charge in [0.25, 0.3) is 0 Å². The maximum atomic E-state index is 5.49. The maximum Gasteiger partial charge on any atom is 0.106 e. The number of oxime groups is 1. The molecule has 52 valence electrons. The molecule has 0 aliphatic heterocycles. The van der Waals surface area contributed by atoms with Gasteiger partial charge in [-0.05, 0) is 12.5 Å². The van der Waals surface area contributed by atoms with Crippen LogP contribution in [0.25, 0.3) is 0 Å². The van der Waals surface area contributed by atoms with Crippen molar-refractivity contribution in [2.75, 3.05) is 13.0 Å². The summed E-state index contributed by atoms with van der Waals surface area (Å²) in [5.74, 6) is 0.476. The predicted molar refractivity (Wildman–Crippen MR) is 40.0 cm³/mol. The van der Waals surface area contributed by atoms with Gasteiger partial charge in [0.1, 0.15) is 7.11 Å². The third-order valence-electron chi connectivity index (χ3n) is 0.849. The van der Waals surface area contributed by atoms with E-state index >= 15 is 0 Å². The first-order valence-electron chi connectivity index (χ1n) is 2.62. The zero-order valence-corrected chi connectivity index (χ0v) is 6.35. The summed E-state index contributed by atoms with van der Waals surface area (Å²) < 4.78 is 0. The molecular weight excluding hydrogens is 138 g/mol. The first-order chi connectivity index (χ1) is 4.35. The number of hydrogen-bond donors (Lipinski definition) is 0. The Kier molecular flexibility index (Phi) is 5.32. The highest BCUT2D eigenvalue weighted by molar-refractivity contribution is 6.21. The molecule has 0 rings (SSSR count). The fraction of sp³-hybridized carbons (Fsp3) is 0.500. The van der Waals surface area contributed by atoms with E-state index in [2.05, 4.69) is 9.99 Å². The minimum atomic E-state index is 0.476. The summed E-state index contributed by atoms with van der Waals surface area (Å²) in [7, 11) is 1.50. The van der Waals surface area contributed by atoms with Crippen LogP contribution in [0.2, 0.25) is 0 Å². The van der Waals surface area contributed by atoms with Gasteiger partial charge in [-0.1, -0.05) is 11.2 Å². The molecule has 0 aromatic heterocycles. The summed E-state index contributed by atoms with van der Waals surface area (Å²) in [6, 6.07) is 0. The van der Waals surface area contributed by atoms with Gasteiger partial charge >= 0.3 is 0 Å². The Bertz CT molecular complexity index is 120. The quantitative estimate of drug-likeness (QED) is 0.339. The van der Waals surface area contributed by atoms with Crippen molar-refractivity contribution in [3.05, 3.63) is 11.6 Å². The van der Waals surface area contributed by atoms with E-state index < -0.39 is 0 Å². The number of allylic oxidation sites excluding steroid dienone is 2. The van der Waals surface area contributed by atoms with Gasteiger partial charge in [-0.15, -0.1) is 11.6 Å². The molecule has 0 N–H and O–H groups in total. The van der Waals surface area contributed by atoms with Crippen molar-refractivity contribution in [3.8, 4) is 0 Å². The zero-order valence-electron chi connectivity index (χ0n) is 5.60. The second-order valence-corrected chi connectivity index (χ2v) is 1.68. The van der Waals surface area contributed by atoms with E-state index in [1.54, 1.807) is 6.21 Å². The molecule has 9 heavy (non-hydrogen) atoms. The van der Waals surface area contributed by atoms with E-state index in [1.807, 2.05) is 13.0 Å². The summed E-state index contributed by atoms with van der Waals surface area (Å²) in [6.45, 7) is 1.90. The molecule has 0 aliphatic carbocycles. The number of rotatable bonds is 3. The lowest BCUT2D eigenvalue weighted by atomic mass is 10.3. The van der Waals surface area contributed by atoms with Crippen LogP contribution in [0.4, 0.5) is 0 Å². The molecule has 2 nitrogen and oxygen atoms in total. The Labute approximate surface area is 60.1 Å². The van der Waals surface area contributed by atoms with Crippen molar-refractivity contribution in [2.45, 2.75) is 6.92 Å². The molecular formula is C6H10ClNO. The average Bonchev–Trinajstić information content (AvgIpc) is 1.91. The van der Waals surface area contributed by atoms with Crippen LogP contribution in [0.5, 0.6) is 0 Å². The summed E-state index contributed by atoms with van der Waals surface area (Å²) >= 11 is 5.49. The van der Waals surface area contributed by atoms with Gasteiger partial charge in [-0.25, -0.2) is 0 Å². The number of hydrogen-bond acceptors (Lipinski definition) is 2. The third kappa shape index (κ3) is 4.03. The first-order valence-corrected chi connectivity index (χ1v) is 3.16. The smallest absolute Gasteiger partial charge is 0.106 e. The molecule has 0 saturated heterocycles. The van der Waals surface area contributed by atoms with E-state index in [4.69, 9.17) is 11.6 Å². The average molecular weight is 148 g/mol. The standard InChI is InChI=1S/C6H10ClNO/c1-3-6(4-7)5-8-9-2/h3,5H,4H2,1-2H3/b6-3-,8-5-. The summed E-state index contributed by atoms with van der Waals surface area (Å²) in [5, 5.41) is 3.54. The fourth-order valence-electron chi connectivity index (χ4n) is 0.307. The first kappa shape index (κ1) is 8.50. The zero-order chi connectivity index (χ0) is 7.11. The third-order valence-corrected chi connectivity index (χ3v) is 1.16. The predicted octanol–water partition coefficient (Wildman–Crippen LogP) is 1.80. The highest BCUT2D eigenvalue weighted by Gasteiger charge is 1.84. The van der Waals surface area contributed by atoms with Crippen LogP contribution in [-0.2, 0) is 4.84 Å². The lowest BCUT2D eigenvalue weighted by Gasteiger charge is -1.89. The molecule has 0 radical (unpaired) electrons. The number of alkyl halides is 1. The molecule has 0 aromatic rings. The second kappa shape index (κ2) is 5.63. The molecule has 0 unspecified atom stereocenters. The molecule has 0 heterocycles. The molecule has 0 saturated carbocycles. The molecule has 3 heteroatoms. The van der Waals surface area contributed by atoms with Crippen LogP contribution in [0.1, 0.15) is 6.92 Å². The van der Waals surface area contributed by atoms with Gasteiger partial charge in [0.05, 0.1) is 6.21 Å². The molecule has 0 aliphatic rings. The van der Waals surface area contributed by atoms with E-state index in [-0.39, 0.29) is 0 Å². The van der Waals surface area contributed by atoms with Gasteiger partial charge in [-0.2, -0.15) is 0 Å². The van der Waals surface area contributed by atoms with Crippen LogP contribution in [0.3, 0.4) is 0 Å². The molecule has 0 fully saturated rings. The Morgan fingerprint density at radius 2 is 2.44 bits per heavy atom. The van der Waals surface area contributed by atoms with Crippen LogP contribution in [-0.4, -0.2) is 19.2 Å². The minimum Gasteiger partial charge on any atom is -0.399 e. The molecule has 0 atom stereocenters. The normalized spacial score (nSPS) is 12.6. The van der Waals surface area contributed by atoms with Crippen molar-refractivity contribution in [2.24, 2.45) is 5.16 Å². The van der Waals surface area contributed by atoms with Gasteiger partial charge in [0.2, 0.25) is 0 Å². The summed E-state index contributed by atoms with van der Waals surface area (Å²) in [6.07, 6.45) is 3.47. The van der Waals surface area contributed by atoms with Crippen molar-refractivity contribution in [1.82, 2.24) is 0 Å². The Morgan fingerprint density at radius 1 is 1.78 bits per heavy atom. The maximum absolute atomic E-state index is 5.49. The van der Waals surface area contributed by atoms with Gasteiger partial charge in [0.15, 0.2) is 0 Å². The number of nitrogens with zero attached hydrogens (tertiary/aromatic N) is 1. The van der Waals surface area contributed by atoms with Crippen LogP contribution >= 0.6 is 11.6 Å². The van der Waals surface area contributed by atoms with E-state index in [0.29, 0.717) is 5.88 Å². The molecule has 0 amide bonds. The molecule has 0 aromatic carbocycles. The lowest BCUT2D eigenvalue weighted by molar-refractivity contribution is 0.215. The van der Waals surface area contributed by atoms with Crippen molar-refractivity contribution in [3.63, 3.8) is 0 Å². The van der Waals surface area contributed by atoms with Crippen molar-refractivity contribution >= 4 is 17.8 Å². The number of halogens is 1. The lowest BCUT2D eigenvalue weighted by Crippen LogP contribution is -1.85. The van der Waals surface area contributed by atoms with Gasteiger partial charge < -0.3 is 4.84 Å². The van der Waals surface area contributed by atoms with E-state index in [0.717, 1.165) is 5.57 Å². The van der Waals surface area contributed by atoms with Gasteiger partial charge in [0, 0.05) is 5.88 Å². The summed E-state index contributed by atoms with van der Waals surface area (Å²) in [4.78, 5) is 4.45. The second-order valence-electron chi connectivity index (χ2n) is 1.41. The topological polar surface area (TPSA) is 21.6 Å². The highest BCUT2D eigenvalue weighted by Crippen LogP contribution is 1.92. The molecule has 0 bridgehead atoms. The van der Waals surface area contributed by atoms with Crippen molar-refractivity contribution < 1.29 is 4.84 Å². The fourth-order valence-corrected chi connectivity index (χ4v) is 0.530.